The molecule has 4 rings (SSSR count). The number of hydrogen-bond acceptors (Lipinski definition) is 8. The van der Waals surface area contributed by atoms with Gasteiger partial charge in [-0.3, -0.25) is 9.58 Å². The van der Waals surface area contributed by atoms with Gasteiger partial charge in [-0.05, 0) is 48.6 Å². The summed E-state index contributed by atoms with van der Waals surface area (Å²) < 4.78 is 83.6. The van der Waals surface area contributed by atoms with E-state index in [1.807, 2.05) is 13.0 Å². The summed E-state index contributed by atoms with van der Waals surface area (Å²) in [6.07, 6.45) is -10.8. The molecule has 9 nitrogen and oxygen atoms in total. The topological polar surface area (TPSA) is 77.2 Å². The predicted octanol–water partition coefficient (Wildman–Crippen LogP) is 6.54. The van der Waals surface area contributed by atoms with Gasteiger partial charge in [0.1, 0.15) is 5.82 Å². The molecule has 43 heavy (non-hydrogen) atoms. The first-order valence-corrected chi connectivity index (χ1v) is 13.9. The van der Waals surface area contributed by atoms with Gasteiger partial charge in [-0.2, -0.15) is 36.9 Å². The van der Waals surface area contributed by atoms with E-state index in [2.05, 4.69) is 53.5 Å². The normalized spacial score (nSPS) is 16.1. The van der Waals surface area contributed by atoms with Gasteiger partial charge in [0.15, 0.2) is 11.9 Å². The van der Waals surface area contributed by atoms with Crippen LogP contribution in [0.15, 0.2) is 34.6 Å². The number of alkyl halides is 6. The molecule has 0 bridgehead atoms. The number of hydrogen-bond donors (Lipinski definition) is 1. The van der Waals surface area contributed by atoms with Crippen LogP contribution >= 0.6 is 0 Å². The zero-order valence-corrected chi connectivity index (χ0v) is 25.2. The number of benzene rings is 1. The fourth-order valence-corrected chi connectivity index (χ4v) is 5.19. The van der Waals surface area contributed by atoms with Crippen molar-refractivity contribution in [3.63, 3.8) is 0 Å². The quantitative estimate of drug-likeness (QED) is 0.262. The summed E-state index contributed by atoms with van der Waals surface area (Å²) in [5.41, 5.74) is 2.23. The monoisotopic (exact) mass is 613 g/mol. The fourth-order valence-electron chi connectivity index (χ4n) is 5.19. The van der Waals surface area contributed by atoms with Gasteiger partial charge < -0.3 is 4.90 Å². The molecular weight excluding hydrogens is 576 g/mol. The van der Waals surface area contributed by atoms with Crippen LogP contribution in [-0.4, -0.2) is 51.2 Å². The van der Waals surface area contributed by atoms with Gasteiger partial charge in [0, 0.05) is 51.2 Å². The van der Waals surface area contributed by atoms with Crippen LogP contribution in [0, 0.1) is 18.8 Å². The Morgan fingerprint density at radius 2 is 1.47 bits per heavy atom. The van der Waals surface area contributed by atoms with Crippen LogP contribution in [-0.2, 0) is 32.5 Å². The van der Waals surface area contributed by atoms with Crippen molar-refractivity contribution in [3.05, 3.63) is 52.2 Å². The average Bonchev–Trinajstić information content (AvgIpc) is 3.43. The van der Waals surface area contributed by atoms with E-state index >= 15 is 0 Å². The van der Waals surface area contributed by atoms with Crippen molar-refractivity contribution in [3.8, 4) is 0 Å². The molecule has 0 radical (unpaired) electrons. The molecule has 1 aliphatic heterocycles. The molecule has 15 heteroatoms. The van der Waals surface area contributed by atoms with E-state index in [1.54, 1.807) is 23.7 Å². The maximum absolute atomic E-state index is 13.7. The number of anilines is 1. The Kier molecular flexibility index (Phi) is 9.26. The number of pyridine rings is 1. The molecule has 0 fully saturated rings. The molecule has 2 aromatic heterocycles. The number of nitrogens with one attached hydrogen (secondary N) is 1. The Balaban J connectivity index is 1.84. The van der Waals surface area contributed by atoms with Crippen molar-refractivity contribution in [1.82, 2.24) is 30.2 Å². The van der Waals surface area contributed by atoms with Gasteiger partial charge in [0.25, 0.3) is 0 Å². The van der Waals surface area contributed by atoms with Crippen LogP contribution in [0.4, 0.5) is 32.2 Å². The van der Waals surface area contributed by atoms with Gasteiger partial charge in [0.05, 0.1) is 16.8 Å². The highest BCUT2D eigenvalue weighted by Gasteiger charge is 2.37. The maximum atomic E-state index is 13.7. The van der Waals surface area contributed by atoms with E-state index in [1.165, 1.54) is 5.12 Å². The van der Waals surface area contributed by atoms with Crippen LogP contribution in [0.3, 0.4) is 0 Å². The molecule has 3 heterocycles. The summed E-state index contributed by atoms with van der Waals surface area (Å²) in [6.45, 7) is 11.4. The summed E-state index contributed by atoms with van der Waals surface area (Å²) in [4.78, 5) is 8.83. The third-order valence-corrected chi connectivity index (χ3v) is 6.88. The summed E-state index contributed by atoms with van der Waals surface area (Å²) in [5, 5.41) is 14.8. The van der Waals surface area contributed by atoms with Crippen LogP contribution in [0.1, 0.15) is 55.6 Å². The summed E-state index contributed by atoms with van der Waals surface area (Å²) in [5.74, 6) is 1.25. The minimum Gasteiger partial charge on any atom is -0.356 e. The number of aryl methyl sites for hydroxylation is 2. The standard InChI is InChI=1S/C28H37F6N9/c1-16(2)12-42(13-17(3)4)24-20(10-23-18(5)37-40(6)25(23)35-24)15-43(26-36-39-41(7)38-26)14-19-8-21(27(29,30)31)11-22(9-19)28(32,33)34/h8-11,16-17,26,38H,12-15H2,1-7H3. The van der Waals surface area contributed by atoms with Crippen molar-refractivity contribution < 1.29 is 26.3 Å². The first kappa shape index (κ1) is 32.5. The van der Waals surface area contributed by atoms with Crippen molar-refractivity contribution in [2.45, 2.75) is 66.4 Å². The minimum atomic E-state index is -4.96. The number of aromatic nitrogens is 3. The molecule has 1 aromatic carbocycles. The lowest BCUT2D eigenvalue weighted by Crippen LogP contribution is -2.45. The van der Waals surface area contributed by atoms with Crippen LogP contribution in [0.25, 0.3) is 11.0 Å². The van der Waals surface area contributed by atoms with E-state index in [9.17, 15) is 26.3 Å². The number of nitrogens with zero attached hydrogens (tertiary/aromatic N) is 8. The molecule has 3 aromatic rings. The SMILES string of the molecule is Cc1nn(C)c2nc(N(CC(C)C)CC(C)C)c(CN(Cc3cc(C(F)(F)F)cc(C(F)(F)F)c3)C3N=NN(C)N3)cc12. The smallest absolute Gasteiger partial charge is 0.356 e. The average molecular weight is 614 g/mol. The molecule has 1 N–H and O–H groups in total. The van der Waals surface area contributed by atoms with Crippen LogP contribution in [0.2, 0.25) is 0 Å². The molecule has 1 aliphatic rings. The van der Waals surface area contributed by atoms with Crippen molar-refractivity contribution in [2.75, 3.05) is 25.0 Å². The van der Waals surface area contributed by atoms with Crippen molar-refractivity contribution in [1.29, 1.82) is 0 Å². The highest BCUT2D eigenvalue weighted by atomic mass is 19.4. The zero-order chi connectivity index (χ0) is 31.9. The maximum Gasteiger partial charge on any atom is 0.416 e. The number of fused-ring (bicyclic) bond motifs is 1. The third kappa shape index (κ3) is 7.74. The van der Waals surface area contributed by atoms with Gasteiger partial charge in [-0.25, -0.2) is 10.1 Å². The molecule has 0 amide bonds. The van der Waals surface area contributed by atoms with Gasteiger partial charge in [-0.15, -0.1) is 5.11 Å². The lowest BCUT2D eigenvalue weighted by molar-refractivity contribution is -0.143. The molecule has 0 saturated carbocycles. The van der Waals surface area contributed by atoms with E-state index in [-0.39, 0.29) is 24.7 Å². The first-order chi connectivity index (χ1) is 19.9. The number of rotatable bonds is 10. The lowest BCUT2D eigenvalue weighted by Gasteiger charge is -2.32. The highest BCUT2D eigenvalue weighted by molar-refractivity contribution is 5.81. The molecule has 0 saturated heterocycles. The summed E-state index contributed by atoms with van der Waals surface area (Å²) in [7, 11) is 3.40. The third-order valence-electron chi connectivity index (χ3n) is 6.88. The van der Waals surface area contributed by atoms with Gasteiger partial charge in [0.2, 0.25) is 0 Å². The van der Waals surface area contributed by atoms with Gasteiger partial charge in [-0.1, -0.05) is 32.9 Å². The van der Waals surface area contributed by atoms with Gasteiger partial charge >= 0.3 is 12.4 Å². The molecule has 1 unspecified atom stereocenters. The largest absolute Gasteiger partial charge is 0.416 e. The lowest BCUT2D eigenvalue weighted by atomic mass is 10.0. The van der Waals surface area contributed by atoms with Crippen LogP contribution < -0.4 is 10.3 Å². The Bertz CT molecular complexity index is 1420. The molecule has 0 spiro atoms. The highest BCUT2D eigenvalue weighted by Crippen LogP contribution is 2.37. The summed E-state index contributed by atoms with van der Waals surface area (Å²) >= 11 is 0. The number of hydrazine groups is 1. The summed E-state index contributed by atoms with van der Waals surface area (Å²) in [6, 6.07) is 3.57. The molecule has 0 aliphatic carbocycles. The Morgan fingerprint density at radius 1 is 0.884 bits per heavy atom. The Morgan fingerprint density at radius 3 is 1.95 bits per heavy atom. The second-order valence-corrected chi connectivity index (χ2v) is 11.8. The zero-order valence-electron chi connectivity index (χ0n) is 25.2. The minimum absolute atomic E-state index is 0.0986. The van der Waals surface area contributed by atoms with Crippen molar-refractivity contribution in [2.24, 2.45) is 29.2 Å². The molecular formula is C28H37F6N9. The molecule has 236 valence electrons. The first-order valence-electron chi connectivity index (χ1n) is 13.9. The second kappa shape index (κ2) is 12.3. The van der Waals surface area contributed by atoms with Crippen molar-refractivity contribution >= 4 is 16.9 Å². The van der Waals surface area contributed by atoms with E-state index in [4.69, 9.17) is 4.98 Å². The Labute approximate surface area is 246 Å². The van der Waals surface area contributed by atoms with E-state index in [0.717, 1.165) is 28.8 Å². The van der Waals surface area contributed by atoms with E-state index in [0.29, 0.717) is 36.4 Å². The fraction of sp³-hybridized carbons (Fsp3) is 0.571. The molecule has 1 atom stereocenters. The van der Waals surface area contributed by atoms with E-state index < -0.39 is 29.8 Å². The second-order valence-electron chi connectivity index (χ2n) is 11.8. The van der Waals surface area contributed by atoms with Crippen LogP contribution in [0.5, 0.6) is 0 Å². The predicted molar refractivity (Wildman–Crippen MR) is 150 cm³/mol. The number of halogens is 6. The Hall–Kier alpha value is -3.46.